The average molecular weight is 244 g/mol. The molecule has 0 spiro atoms. The van der Waals surface area contributed by atoms with Gasteiger partial charge < -0.3 is 15.5 Å². The van der Waals surface area contributed by atoms with Gasteiger partial charge in [0, 0.05) is 12.2 Å². The number of nitrogens with one attached hydrogen (secondary N) is 1. The number of aryl methyl sites for hydroxylation is 1. The Labute approximate surface area is 106 Å². The van der Waals surface area contributed by atoms with Crippen LogP contribution in [0, 0.1) is 13.8 Å². The van der Waals surface area contributed by atoms with Crippen molar-refractivity contribution in [2.45, 2.75) is 20.4 Å². The van der Waals surface area contributed by atoms with Crippen LogP contribution >= 0.6 is 0 Å². The molecule has 0 bridgehead atoms. The van der Waals surface area contributed by atoms with Gasteiger partial charge >= 0.3 is 0 Å². The van der Waals surface area contributed by atoms with Crippen LogP contribution < -0.4 is 11.1 Å². The summed E-state index contributed by atoms with van der Waals surface area (Å²) in [4.78, 5) is 11.8. The van der Waals surface area contributed by atoms with Crippen LogP contribution in [0.15, 0.2) is 34.9 Å². The molecule has 3 N–H and O–H groups in total. The fraction of sp³-hybridized carbons (Fsp3) is 0.214. The maximum atomic E-state index is 11.8. The number of rotatable bonds is 3. The molecule has 18 heavy (non-hydrogen) atoms. The molecule has 1 amide bonds. The van der Waals surface area contributed by atoms with Crippen molar-refractivity contribution in [1.29, 1.82) is 0 Å². The van der Waals surface area contributed by atoms with Crippen LogP contribution in [-0.2, 0) is 6.54 Å². The summed E-state index contributed by atoms with van der Waals surface area (Å²) < 4.78 is 5.10. The summed E-state index contributed by atoms with van der Waals surface area (Å²) in [6.07, 6.45) is 1.46. The van der Waals surface area contributed by atoms with Gasteiger partial charge in [0.25, 0.3) is 5.91 Å². The second-order valence-corrected chi connectivity index (χ2v) is 4.26. The van der Waals surface area contributed by atoms with Crippen LogP contribution in [0.2, 0.25) is 0 Å². The van der Waals surface area contributed by atoms with E-state index >= 15 is 0 Å². The SMILES string of the molecule is Cc1cc(C(=O)NCc2cccc(N)c2C)co1. The molecule has 4 nitrogen and oxygen atoms in total. The lowest BCUT2D eigenvalue weighted by Gasteiger charge is -2.09. The molecule has 0 saturated heterocycles. The summed E-state index contributed by atoms with van der Waals surface area (Å²) in [5.41, 5.74) is 9.11. The molecule has 2 rings (SSSR count). The molecule has 0 fully saturated rings. The van der Waals surface area contributed by atoms with Crippen molar-refractivity contribution in [3.63, 3.8) is 0 Å². The third kappa shape index (κ3) is 2.53. The number of carbonyl (C=O) groups excluding carboxylic acids is 1. The zero-order valence-corrected chi connectivity index (χ0v) is 10.5. The van der Waals surface area contributed by atoms with Crippen LogP contribution in [0.25, 0.3) is 0 Å². The lowest BCUT2D eigenvalue weighted by Crippen LogP contribution is -2.22. The normalized spacial score (nSPS) is 10.3. The number of anilines is 1. The number of hydrogen-bond acceptors (Lipinski definition) is 3. The lowest BCUT2D eigenvalue weighted by molar-refractivity contribution is 0.0950. The smallest absolute Gasteiger partial charge is 0.254 e. The second-order valence-electron chi connectivity index (χ2n) is 4.26. The molecule has 4 heteroatoms. The number of hydrogen-bond donors (Lipinski definition) is 2. The third-order valence-corrected chi connectivity index (χ3v) is 2.92. The minimum absolute atomic E-state index is 0.145. The Bertz CT molecular complexity index is 573. The summed E-state index contributed by atoms with van der Waals surface area (Å²) in [6, 6.07) is 7.39. The van der Waals surface area contributed by atoms with E-state index in [1.807, 2.05) is 25.1 Å². The Morgan fingerprint density at radius 2 is 2.17 bits per heavy atom. The van der Waals surface area contributed by atoms with Crippen molar-refractivity contribution < 1.29 is 9.21 Å². The number of amides is 1. The summed E-state index contributed by atoms with van der Waals surface area (Å²) in [6.45, 7) is 4.21. The van der Waals surface area contributed by atoms with E-state index in [0.29, 0.717) is 12.1 Å². The van der Waals surface area contributed by atoms with Gasteiger partial charge in [-0.05, 0) is 37.1 Å². The van der Waals surface area contributed by atoms with Gasteiger partial charge in [0.15, 0.2) is 0 Å². The van der Waals surface area contributed by atoms with E-state index in [4.69, 9.17) is 10.2 Å². The van der Waals surface area contributed by atoms with Gasteiger partial charge in [0.1, 0.15) is 12.0 Å². The highest BCUT2D eigenvalue weighted by molar-refractivity contribution is 5.93. The van der Waals surface area contributed by atoms with Gasteiger partial charge in [-0.25, -0.2) is 0 Å². The quantitative estimate of drug-likeness (QED) is 0.815. The third-order valence-electron chi connectivity index (χ3n) is 2.92. The monoisotopic (exact) mass is 244 g/mol. The number of carbonyl (C=O) groups is 1. The standard InChI is InChI=1S/C14H16N2O2/c1-9-6-12(8-18-9)14(17)16-7-11-4-3-5-13(15)10(11)2/h3-6,8H,7,15H2,1-2H3,(H,16,17). The van der Waals surface area contributed by atoms with E-state index in [1.165, 1.54) is 6.26 Å². The average Bonchev–Trinajstić information content (AvgIpc) is 2.77. The van der Waals surface area contributed by atoms with Crippen LogP contribution in [0.5, 0.6) is 0 Å². The minimum atomic E-state index is -0.145. The van der Waals surface area contributed by atoms with E-state index < -0.39 is 0 Å². The molecule has 0 aliphatic rings. The molecule has 0 aliphatic heterocycles. The van der Waals surface area contributed by atoms with Crippen molar-refractivity contribution in [2.75, 3.05) is 5.73 Å². The van der Waals surface area contributed by atoms with Crippen LogP contribution in [0.4, 0.5) is 5.69 Å². The van der Waals surface area contributed by atoms with E-state index in [9.17, 15) is 4.79 Å². The topological polar surface area (TPSA) is 68.3 Å². The molecule has 0 unspecified atom stereocenters. The highest BCUT2D eigenvalue weighted by atomic mass is 16.3. The number of nitrogen functional groups attached to an aromatic ring is 1. The molecule has 2 aromatic rings. The molecular formula is C14H16N2O2. The van der Waals surface area contributed by atoms with E-state index in [1.54, 1.807) is 13.0 Å². The Kier molecular flexibility index (Phi) is 3.37. The Hall–Kier alpha value is -2.23. The predicted molar refractivity (Wildman–Crippen MR) is 70.2 cm³/mol. The minimum Gasteiger partial charge on any atom is -0.469 e. The van der Waals surface area contributed by atoms with Crippen molar-refractivity contribution in [3.05, 3.63) is 53.0 Å². The van der Waals surface area contributed by atoms with Crippen molar-refractivity contribution in [2.24, 2.45) is 0 Å². The number of furan rings is 1. The molecule has 0 aliphatic carbocycles. The predicted octanol–water partition coefficient (Wildman–Crippen LogP) is 2.41. The first-order chi connectivity index (χ1) is 8.58. The van der Waals surface area contributed by atoms with E-state index in [-0.39, 0.29) is 5.91 Å². The zero-order chi connectivity index (χ0) is 13.1. The van der Waals surface area contributed by atoms with Gasteiger partial charge in [-0.2, -0.15) is 0 Å². The van der Waals surface area contributed by atoms with Crippen LogP contribution in [-0.4, -0.2) is 5.91 Å². The maximum Gasteiger partial charge on any atom is 0.254 e. The second kappa shape index (κ2) is 4.96. The highest BCUT2D eigenvalue weighted by Crippen LogP contribution is 2.15. The maximum absolute atomic E-state index is 11.8. The highest BCUT2D eigenvalue weighted by Gasteiger charge is 2.09. The van der Waals surface area contributed by atoms with Crippen molar-refractivity contribution in [1.82, 2.24) is 5.32 Å². The zero-order valence-electron chi connectivity index (χ0n) is 10.5. The molecular weight excluding hydrogens is 228 g/mol. The molecule has 1 aromatic heterocycles. The van der Waals surface area contributed by atoms with Crippen molar-refractivity contribution >= 4 is 11.6 Å². The van der Waals surface area contributed by atoms with E-state index in [2.05, 4.69) is 5.32 Å². The molecule has 0 saturated carbocycles. The largest absolute Gasteiger partial charge is 0.469 e. The fourth-order valence-corrected chi connectivity index (χ4v) is 1.73. The Morgan fingerprint density at radius 3 is 2.83 bits per heavy atom. The summed E-state index contributed by atoms with van der Waals surface area (Å²) in [5, 5.41) is 2.84. The summed E-state index contributed by atoms with van der Waals surface area (Å²) in [7, 11) is 0. The van der Waals surface area contributed by atoms with Gasteiger partial charge in [-0.1, -0.05) is 12.1 Å². The molecule has 94 valence electrons. The number of benzene rings is 1. The number of nitrogens with two attached hydrogens (primary N) is 1. The van der Waals surface area contributed by atoms with Gasteiger partial charge in [0.05, 0.1) is 5.56 Å². The van der Waals surface area contributed by atoms with Crippen molar-refractivity contribution in [3.8, 4) is 0 Å². The van der Waals surface area contributed by atoms with Crippen LogP contribution in [0.3, 0.4) is 0 Å². The van der Waals surface area contributed by atoms with Gasteiger partial charge in [0.2, 0.25) is 0 Å². The summed E-state index contributed by atoms with van der Waals surface area (Å²) >= 11 is 0. The molecule has 1 heterocycles. The first-order valence-electron chi connectivity index (χ1n) is 5.75. The first kappa shape index (κ1) is 12.2. The Morgan fingerprint density at radius 1 is 1.39 bits per heavy atom. The first-order valence-corrected chi connectivity index (χ1v) is 5.75. The molecule has 1 aromatic carbocycles. The van der Waals surface area contributed by atoms with E-state index in [0.717, 1.165) is 22.6 Å². The Balaban J connectivity index is 2.04. The molecule has 0 radical (unpaired) electrons. The summed E-state index contributed by atoms with van der Waals surface area (Å²) in [5.74, 6) is 0.578. The van der Waals surface area contributed by atoms with Crippen LogP contribution in [0.1, 0.15) is 27.2 Å². The van der Waals surface area contributed by atoms with Gasteiger partial charge in [-0.15, -0.1) is 0 Å². The lowest BCUT2D eigenvalue weighted by atomic mass is 10.1. The molecule has 0 atom stereocenters. The van der Waals surface area contributed by atoms with Gasteiger partial charge in [-0.3, -0.25) is 4.79 Å². The fourth-order valence-electron chi connectivity index (χ4n) is 1.73.